The van der Waals surface area contributed by atoms with Crippen molar-refractivity contribution in [3.05, 3.63) is 59.9 Å². The topological polar surface area (TPSA) is 54.7 Å². The number of carbonyl (C=O) groups excluding carboxylic acids is 2. The number of ketones is 1. The Kier molecular flexibility index (Phi) is 3.86. The smallest absolute Gasteiger partial charge is 0.303 e. The van der Waals surface area contributed by atoms with Crippen molar-refractivity contribution in [1.29, 1.82) is 0 Å². The molecule has 0 radical (unpaired) electrons. The average molecular weight is 322 g/mol. The Morgan fingerprint density at radius 3 is 2.83 bits per heavy atom. The molecule has 5 nitrogen and oxygen atoms in total. The van der Waals surface area contributed by atoms with Crippen LogP contribution in [-0.4, -0.2) is 29.9 Å². The van der Waals surface area contributed by atoms with E-state index < -0.39 is 5.91 Å². The van der Waals surface area contributed by atoms with Gasteiger partial charge in [0.05, 0.1) is 17.8 Å². The number of nitrogens with one attached hydrogen (secondary N) is 1. The fourth-order valence-electron chi connectivity index (χ4n) is 3.86. The van der Waals surface area contributed by atoms with Crippen molar-refractivity contribution < 1.29 is 14.5 Å². The van der Waals surface area contributed by atoms with E-state index in [9.17, 15) is 9.59 Å². The van der Waals surface area contributed by atoms with E-state index in [1.54, 1.807) is 23.2 Å². The Balaban J connectivity index is 1.62. The summed E-state index contributed by atoms with van der Waals surface area (Å²) in [6, 6.07) is 11.7. The largest absolute Gasteiger partial charge is 0.311 e. The predicted octanol–water partition coefficient (Wildman–Crippen LogP) is 1.38. The first-order valence-electron chi connectivity index (χ1n) is 8.45. The summed E-state index contributed by atoms with van der Waals surface area (Å²) in [5.41, 5.74) is 2.48. The molecule has 0 spiro atoms. The summed E-state index contributed by atoms with van der Waals surface area (Å²) in [6.07, 6.45) is 7.11. The number of hydrogen-bond donors (Lipinski definition) is 1. The normalized spacial score (nSPS) is 23.4. The minimum absolute atomic E-state index is 0.322. The highest BCUT2D eigenvalue weighted by Gasteiger charge is 2.39. The van der Waals surface area contributed by atoms with Crippen LogP contribution in [0.2, 0.25) is 0 Å². The van der Waals surface area contributed by atoms with Crippen LogP contribution in [-0.2, 0) is 4.79 Å². The molecule has 0 saturated carbocycles. The van der Waals surface area contributed by atoms with E-state index in [1.165, 1.54) is 16.9 Å². The first-order chi connectivity index (χ1) is 11.8. The van der Waals surface area contributed by atoms with Crippen LogP contribution in [0.3, 0.4) is 0 Å². The maximum absolute atomic E-state index is 12.4. The van der Waals surface area contributed by atoms with E-state index in [4.69, 9.17) is 0 Å². The van der Waals surface area contributed by atoms with Crippen LogP contribution in [0.5, 0.6) is 0 Å². The Bertz CT molecular complexity index is 775. The molecule has 1 unspecified atom stereocenters. The van der Waals surface area contributed by atoms with Crippen molar-refractivity contribution in [2.24, 2.45) is 0 Å². The van der Waals surface area contributed by atoms with Gasteiger partial charge < -0.3 is 4.90 Å². The van der Waals surface area contributed by atoms with Gasteiger partial charge in [-0.15, -0.1) is 0 Å². The molecule has 2 aliphatic rings. The van der Waals surface area contributed by atoms with E-state index >= 15 is 0 Å². The lowest BCUT2D eigenvalue weighted by Crippen LogP contribution is -3.14. The van der Waals surface area contributed by atoms with Crippen LogP contribution in [0.25, 0.3) is 0 Å². The van der Waals surface area contributed by atoms with Crippen LogP contribution in [0, 0.1) is 0 Å². The minimum Gasteiger partial charge on any atom is -0.311 e. The Hall–Kier alpha value is -2.53. The maximum Gasteiger partial charge on any atom is 0.303 e. The van der Waals surface area contributed by atoms with Crippen LogP contribution >= 0.6 is 0 Å². The highest BCUT2D eigenvalue weighted by molar-refractivity contribution is 6.52. The molecule has 1 N–H and O–H groups in total. The highest BCUT2D eigenvalue weighted by atomic mass is 16.2. The van der Waals surface area contributed by atoms with Gasteiger partial charge in [0.15, 0.2) is 6.67 Å². The van der Waals surface area contributed by atoms with Gasteiger partial charge in [-0.3, -0.25) is 19.5 Å². The number of hydrogen-bond acceptors (Lipinski definition) is 3. The molecule has 2 atom stereocenters. The molecule has 1 amide bonds. The SMILES string of the molecule is O=C1C(=O)N(C[NH+]2CCCC[C@H]2c2cccnc2)c2ccccc21. The molecule has 24 heavy (non-hydrogen) atoms. The molecule has 4 rings (SSSR count). The molecule has 1 aromatic carbocycles. The lowest BCUT2D eigenvalue weighted by atomic mass is 9.97. The summed E-state index contributed by atoms with van der Waals surface area (Å²) >= 11 is 0. The molecule has 5 heteroatoms. The number of benzene rings is 1. The second-order valence-electron chi connectivity index (χ2n) is 6.48. The van der Waals surface area contributed by atoms with E-state index in [2.05, 4.69) is 11.1 Å². The van der Waals surface area contributed by atoms with Gasteiger partial charge in [0, 0.05) is 24.4 Å². The number of pyridine rings is 1. The number of quaternary nitrogens is 1. The van der Waals surface area contributed by atoms with Crippen LogP contribution in [0.15, 0.2) is 48.8 Å². The Morgan fingerprint density at radius 2 is 2.00 bits per heavy atom. The van der Waals surface area contributed by atoms with Crippen LogP contribution < -0.4 is 9.80 Å². The number of fused-ring (bicyclic) bond motifs is 1. The quantitative estimate of drug-likeness (QED) is 0.869. The number of rotatable bonds is 3. The molecule has 3 heterocycles. The van der Waals surface area contributed by atoms with Crippen molar-refractivity contribution in [1.82, 2.24) is 4.98 Å². The van der Waals surface area contributed by atoms with Crippen molar-refractivity contribution >= 4 is 17.4 Å². The zero-order valence-corrected chi connectivity index (χ0v) is 13.4. The molecule has 2 aromatic rings. The van der Waals surface area contributed by atoms with Crippen LogP contribution in [0.1, 0.15) is 41.2 Å². The molecule has 0 aliphatic carbocycles. The summed E-state index contributed by atoms with van der Waals surface area (Å²) < 4.78 is 0. The molecule has 1 saturated heterocycles. The van der Waals surface area contributed by atoms with Crippen molar-refractivity contribution in [3.8, 4) is 0 Å². The summed E-state index contributed by atoms with van der Waals surface area (Å²) in [7, 11) is 0. The fourth-order valence-corrected chi connectivity index (χ4v) is 3.86. The number of carbonyl (C=O) groups is 2. The highest BCUT2D eigenvalue weighted by Crippen LogP contribution is 2.28. The van der Waals surface area contributed by atoms with Crippen molar-refractivity contribution in [3.63, 3.8) is 0 Å². The number of nitrogens with zero attached hydrogens (tertiary/aromatic N) is 2. The molecule has 2 aliphatic heterocycles. The fraction of sp³-hybridized carbons (Fsp3) is 0.316. The first-order valence-corrected chi connectivity index (χ1v) is 8.45. The molecule has 1 fully saturated rings. The van der Waals surface area contributed by atoms with Gasteiger partial charge >= 0.3 is 5.91 Å². The van der Waals surface area contributed by atoms with Gasteiger partial charge in [-0.1, -0.05) is 18.2 Å². The van der Waals surface area contributed by atoms with E-state index in [0.29, 0.717) is 18.3 Å². The number of para-hydroxylation sites is 1. The monoisotopic (exact) mass is 322 g/mol. The zero-order valence-electron chi connectivity index (χ0n) is 13.4. The van der Waals surface area contributed by atoms with Gasteiger partial charge in [-0.2, -0.15) is 0 Å². The number of amides is 1. The van der Waals surface area contributed by atoms with E-state index in [-0.39, 0.29) is 5.78 Å². The third-order valence-electron chi connectivity index (χ3n) is 5.06. The Morgan fingerprint density at radius 1 is 1.12 bits per heavy atom. The van der Waals surface area contributed by atoms with Crippen molar-refractivity contribution in [2.75, 3.05) is 18.1 Å². The number of likely N-dealkylation sites (tertiary alicyclic amines) is 1. The average Bonchev–Trinajstić information content (AvgIpc) is 2.88. The van der Waals surface area contributed by atoms with Gasteiger partial charge in [-0.05, 0) is 31.0 Å². The predicted molar refractivity (Wildman–Crippen MR) is 89.8 cm³/mol. The lowest BCUT2D eigenvalue weighted by Gasteiger charge is -2.35. The zero-order chi connectivity index (χ0) is 16.5. The molecule has 0 bridgehead atoms. The molecular formula is C19H20N3O2+. The third-order valence-corrected chi connectivity index (χ3v) is 5.06. The summed E-state index contributed by atoms with van der Waals surface area (Å²) in [6.45, 7) is 1.53. The number of aromatic nitrogens is 1. The van der Waals surface area contributed by atoms with Crippen LogP contribution in [0.4, 0.5) is 5.69 Å². The van der Waals surface area contributed by atoms with Gasteiger partial charge in [0.25, 0.3) is 5.78 Å². The molecule has 1 aromatic heterocycles. The van der Waals surface area contributed by atoms with Gasteiger partial charge in [0.1, 0.15) is 6.04 Å². The van der Waals surface area contributed by atoms with Gasteiger partial charge in [-0.25, -0.2) is 0 Å². The van der Waals surface area contributed by atoms with Crippen molar-refractivity contribution in [2.45, 2.75) is 25.3 Å². The lowest BCUT2D eigenvalue weighted by molar-refractivity contribution is -0.935. The second-order valence-corrected chi connectivity index (χ2v) is 6.48. The number of anilines is 1. The number of piperidine rings is 1. The summed E-state index contributed by atoms with van der Waals surface area (Å²) in [4.78, 5) is 31.8. The summed E-state index contributed by atoms with van der Waals surface area (Å²) in [5, 5.41) is 0. The standard InChI is InChI=1S/C19H19N3O2/c23-18-15-7-1-2-9-17(15)22(19(18)24)13-21-11-4-3-8-16(21)14-6-5-10-20-12-14/h1-2,5-7,9-10,12,16H,3-4,8,11,13H2/p+1/t16-/m0/s1. The van der Waals surface area contributed by atoms with E-state index in [1.807, 2.05) is 24.4 Å². The molecular weight excluding hydrogens is 302 g/mol. The minimum atomic E-state index is -0.404. The molecule has 122 valence electrons. The van der Waals surface area contributed by atoms with Gasteiger partial charge in [0.2, 0.25) is 0 Å². The third kappa shape index (κ3) is 2.51. The second kappa shape index (κ2) is 6.17. The Labute approximate surface area is 140 Å². The van der Waals surface area contributed by atoms with E-state index in [0.717, 1.165) is 25.1 Å². The maximum atomic E-state index is 12.4. The first kappa shape index (κ1) is 15.0. The number of Topliss-reactive ketones (excluding diaryl/α,β-unsaturated/α-hetero) is 1. The summed E-state index contributed by atoms with van der Waals surface area (Å²) in [5.74, 6) is -0.792.